The Labute approximate surface area is 156 Å². The van der Waals surface area contributed by atoms with Crippen LogP contribution in [0.1, 0.15) is 23.4 Å². The molecule has 0 fully saturated rings. The lowest BCUT2D eigenvalue weighted by Crippen LogP contribution is -2.44. The van der Waals surface area contributed by atoms with E-state index in [0.29, 0.717) is 11.6 Å². The van der Waals surface area contributed by atoms with E-state index in [1.165, 1.54) is 11.1 Å². The van der Waals surface area contributed by atoms with Crippen molar-refractivity contribution in [3.05, 3.63) is 59.4 Å². The summed E-state index contributed by atoms with van der Waals surface area (Å²) >= 11 is 0. The van der Waals surface area contributed by atoms with Gasteiger partial charge in [-0.1, -0.05) is 18.2 Å². The van der Waals surface area contributed by atoms with Crippen LogP contribution >= 0.6 is 0 Å². The van der Waals surface area contributed by atoms with Crippen LogP contribution in [0.25, 0.3) is 11.0 Å². The van der Waals surface area contributed by atoms with Gasteiger partial charge in [0.15, 0.2) is 6.61 Å². The van der Waals surface area contributed by atoms with E-state index in [1.54, 1.807) is 0 Å². The van der Waals surface area contributed by atoms with Crippen LogP contribution in [0.5, 0.6) is 5.75 Å². The van der Waals surface area contributed by atoms with Crippen LogP contribution in [0, 0.1) is 0 Å². The van der Waals surface area contributed by atoms with E-state index in [0.717, 1.165) is 30.3 Å². The maximum Gasteiger partial charge on any atom is 0.276 e. The van der Waals surface area contributed by atoms with Crippen molar-refractivity contribution >= 4 is 22.8 Å². The molecule has 0 saturated heterocycles. The number of aromatic amines is 1. The number of nitrogens with one attached hydrogen (secondary N) is 3. The van der Waals surface area contributed by atoms with Crippen LogP contribution in [-0.4, -0.2) is 28.4 Å². The van der Waals surface area contributed by atoms with Crippen molar-refractivity contribution < 1.29 is 14.3 Å². The highest BCUT2D eigenvalue weighted by Gasteiger charge is 2.13. The van der Waals surface area contributed by atoms with Crippen molar-refractivity contribution in [1.29, 1.82) is 0 Å². The van der Waals surface area contributed by atoms with Gasteiger partial charge in [0, 0.05) is 0 Å². The van der Waals surface area contributed by atoms with E-state index >= 15 is 0 Å². The first kappa shape index (κ1) is 17.1. The molecule has 2 aromatic carbocycles. The zero-order chi connectivity index (χ0) is 18.6. The smallest absolute Gasteiger partial charge is 0.276 e. The van der Waals surface area contributed by atoms with Crippen molar-refractivity contribution in [2.45, 2.75) is 25.7 Å². The highest BCUT2D eigenvalue weighted by molar-refractivity contribution is 5.84. The summed E-state index contributed by atoms with van der Waals surface area (Å²) in [6.45, 7) is -0.163. The molecule has 1 aliphatic rings. The normalized spacial score (nSPS) is 12.6. The summed E-state index contributed by atoms with van der Waals surface area (Å²) in [6.07, 6.45) is 3.36. The molecule has 7 heteroatoms. The molecule has 0 bridgehead atoms. The Kier molecular flexibility index (Phi) is 4.74. The van der Waals surface area contributed by atoms with Gasteiger partial charge in [-0.3, -0.25) is 20.4 Å². The average molecular weight is 364 g/mol. The molecule has 3 N–H and O–H groups in total. The van der Waals surface area contributed by atoms with Crippen molar-refractivity contribution in [1.82, 2.24) is 20.8 Å². The molecule has 1 heterocycles. The zero-order valence-electron chi connectivity index (χ0n) is 14.7. The summed E-state index contributed by atoms with van der Waals surface area (Å²) in [5.41, 5.74) is 9.03. The number of nitrogens with zero attached hydrogens (tertiary/aromatic N) is 1. The largest absolute Gasteiger partial charge is 0.484 e. The van der Waals surface area contributed by atoms with Crippen LogP contribution in [0.2, 0.25) is 0 Å². The molecule has 0 unspecified atom stereocenters. The Morgan fingerprint density at radius 1 is 1.04 bits per heavy atom. The fourth-order valence-corrected chi connectivity index (χ4v) is 3.25. The standard InChI is InChI=1S/C20H20N4O3/c25-19(11-18-21-16-6-1-2-7-17(16)22-18)23-24-20(26)12-27-15-9-8-13-4-3-5-14(13)10-15/h1-2,6-10H,3-5,11-12H2,(H,21,22)(H,23,25)(H,24,26). The minimum Gasteiger partial charge on any atom is -0.484 e. The van der Waals surface area contributed by atoms with Gasteiger partial charge in [-0.25, -0.2) is 4.98 Å². The summed E-state index contributed by atoms with van der Waals surface area (Å²) in [6, 6.07) is 13.4. The number of hydrogen-bond donors (Lipinski definition) is 3. The number of aryl methyl sites for hydroxylation is 2. The van der Waals surface area contributed by atoms with Crippen LogP contribution in [-0.2, 0) is 28.9 Å². The molecule has 0 atom stereocenters. The predicted molar refractivity (Wildman–Crippen MR) is 100 cm³/mol. The maximum atomic E-state index is 12.0. The Morgan fingerprint density at radius 2 is 1.85 bits per heavy atom. The number of amides is 2. The first-order valence-corrected chi connectivity index (χ1v) is 8.93. The minimum atomic E-state index is -0.423. The number of H-pyrrole nitrogens is 1. The molecular weight excluding hydrogens is 344 g/mol. The molecule has 0 saturated carbocycles. The molecule has 2 amide bonds. The fourth-order valence-electron chi connectivity index (χ4n) is 3.25. The van der Waals surface area contributed by atoms with E-state index in [2.05, 4.69) is 20.8 Å². The second-order valence-electron chi connectivity index (χ2n) is 6.55. The second kappa shape index (κ2) is 7.49. The summed E-state index contributed by atoms with van der Waals surface area (Å²) < 4.78 is 5.50. The van der Waals surface area contributed by atoms with Crippen molar-refractivity contribution in [2.24, 2.45) is 0 Å². The number of ether oxygens (including phenoxy) is 1. The fraction of sp³-hybridized carbons (Fsp3) is 0.250. The van der Waals surface area contributed by atoms with Crippen molar-refractivity contribution in [3.8, 4) is 5.75 Å². The highest BCUT2D eigenvalue weighted by Crippen LogP contribution is 2.25. The van der Waals surface area contributed by atoms with Crippen LogP contribution in [0.4, 0.5) is 0 Å². The predicted octanol–water partition coefficient (Wildman–Crippen LogP) is 1.82. The van der Waals surface area contributed by atoms with E-state index in [4.69, 9.17) is 4.74 Å². The number of benzene rings is 2. The SMILES string of the molecule is O=C(COc1ccc2c(c1)CCC2)NNC(=O)Cc1nc2ccccc2[nH]1. The third-order valence-corrected chi connectivity index (χ3v) is 4.55. The maximum absolute atomic E-state index is 12.0. The Hall–Kier alpha value is -3.35. The molecule has 4 rings (SSSR count). The number of fused-ring (bicyclic) bond motifs is 2. The number of rotatable bonds is 5. The summed E-state index contributed by atoms with van der Waals surface area (Å²) in [5.74, 6) is 0.421. The Balaban J connectivity index is 1.23. The Bertz CT molecular complexity index is 963. The molecule has 7 nitrogen and oxygen atoms in total. The summed E-state index contributed by atoms with van der Waals surface area (Å²) in [7, 11) is 0. The van der Waals surface area contributed by atoms with Gasteiger partial charge >= 0.3 is 0 Å². The van der Waals surface area contributed by atoms with Gasteiger partial charge in [0.05, 0.1) is 17.5 Å². The topological polar surface area (TPSA) is 96.1 Å². The molecule has 1 aliphatic carbocycles. The quantitative estimate of drug-likeness (QED) is 0.602. The van der Waals surface area contributed by atoms with Gasteiger partial charge < -0.3 is 9.72 Å². The number of hydrogen-bond acceptors (Lipinski definition) is 4. The number of carbonyl (C=O) groups excluding carboxylic acids is 2. The second-order valence-corrected chi connectivity index (χ2v) is 6.55. The van der Waals surface area contributed by atoms with E-state index in [9.17, 15) is 9.59 Å². The first-order valence-electron chi connectivity index (χ1n) is 8.93. The molecule has 138 valence electrons. The third-order valence-electron chi connectivity index (χ3n) is 4.55. The van der Waals surface area contributed by atoms with Crippen LogP contribution in [0.15, 0.2) is 42.5 Å². The van der Waals surface area contributed by atoms with Gasteiger partial charge in [-0.05, 0) is 54.7 Å². The molecule has 0 aliphatic heterocycles. The van der Waals surface area contributed by atoms with Crippen molar-refractivity contribution in [2.75, 3.05) is 6.61 Å². The number of aromatic nitrogens is 2. The lowest BCUT2D eigenvalue weighted by atomic mass is 10.1. The van der Waals surface area contributed by atoms with E-state index in [1.807, 2.05) is 42.5 Å². The molecule has 3 aromatic rings. The summed E-state index contributed by atoms with van der Waals surface area (Å²) in [5, 5.41) is 0. The van der Waals surface area contributed by atoms with Gasteiger partial charge in [0.25, 0.3) is 5.91 Å². The molecular formula is C20H20N4O3. The lowest BCUT2D eigenvalue weighted by molar-refractivity contribution is -0.129. The van der Waals surface area contributed by atoms with Crippen LogP contribution < -0.4 is 15.6 Å². The van der Waals surface area contributed by atoms with Gasteiger partial charge in [0.2, 0.25) is 5.91 Å². The molecule has 27 heavy (non-hydrogen) atoms. The number of carbonyl (C=O) groups is 2. The average Bonchev–Trinajstić information content (AvgIpc) is 3.30. The van der Waals surface area contributed by atoms with Gasteiger partial charge in [0.1, 0.15) is 11.6 Å². The van der Waals surface area contributed by atoms with E-state index < -0.39 is 5.91 Å². The van der Waals surface area contributed by atoms with Crippen molar-refractivity contribution in [3.63, 3.8) is 0 Å². The zero-order valence-corrected chi connectivity index (χ0v) is 14.7. The molecule has 0 radical (unpaired) electrons. The number of para-hydroxylation sites is 2. The third kappa shape index (κ3) is 4.08. The Morgan fingerprint density at radius 3 is 2.74 bits per heavy atom. The van der Waals surface area contributed by atoms with Gasteiger partial charge in [-0.2, -0.15) is 0 Å². The highest BCUT2D eigenvalue weighted by atomic mass is 16.5. The lowest BCUT2D eigenvalue weighted by Gasteiger charge is -2.09. The monoisotopic (exact) mass is 364 g/mol. The van der Waals surface area contributed by atoms with Gasteiger partial charge in [-0.15, -0.1) is 0 Å². The van der Waals surface area contributed by atoms with Crippen LogP contribution in [0.3, 0.4) is 0 Å². The number of hydrazine groups is 1. The van der Waals surface area contributed by atoms with E-state index in [-0.39, 0.29) is 18.9 Å². The summed E-state index contributed by atoms with van der Waals surface area (Å²) in [4.78, 5) is 31.2. The molecule has 0 spiro atoms. The minimum absolute atomic E-state index is 0.0423. The first-order chi connectivity index (χ1) is 13.2. The number of imidazole rings is 1. The molecule has 1 aromatic heterocycles.